The molecule has 2 aromatic carbocycles. The van der Waals surface area contributed by atoms with Crippen molar-refractivity contribution in [3.05, 3.63) is 64.2 Å². The number of carbonyl (C=O) groups excluding carboxylic acids is 1. The number of rotatable bonds is 5. The van der Waals surface area contributed by atoms with Crippen molar-refractivity contribution >= 4 is 17.4 Å². The summed E-state index contributed by atoms with van der Waals surface area (Å²) >= 11 is 5.92. The minimum atomic E-state index is -0.0352. The van der Waals surface area contributed by atoms with Crippen molar-refractivity contribution in [2.45, 2.75) is 20.3 Å². The second-order valence-corrected chi connectivity index (χ2v) is 5.11. The second-order valence-electron chi connectivity index (χ2n) is 4.67. The Kier molecular flexibility index (Phi) is 4.80. The first kappa shape index (κ1) is 14.6. The smallest absolute Gasteiger partial charge is 0.200 e. The Morgan fingerprint density at radius 2 is 1.85 bits per heavy atom. The van der Waals surface area contributed by atoms with Gasteiger partial charge in [0.15, 0.2) is 12.4 Å². The largest absolute Gasteiger partial charge is 0.485 e. The summed E-state index contributed by atoms with van der Waals surface area (Å²) in [5.41, 5.74) is 2.85. The van der Waals surface area contributed by atoms with Crippen molar-refractivity contribution < 1.29 is 9.53 Å². The number of ketones is 1. The Labute approximate surface area is 124 Å². The summed E-state index contributed by atoms with van der Waals surface area (Å²) in [6.45, 7) is 4.03. The number of Topliss-reactive ketones (excluding diaryl/α,β-unsaturated/α-hetero) is 1. The van der Waals surface area contributed by atoms with Crippen LogP contribution in [0.5, 0.6) is 5.75 Å². The molecule has 0 bridgehead atoms. The van der Waals surface area contributed by atoms with E-state index in [0.717, 1.165) is 12.0 Å². The van der Waals surface area contributed by atoms with Gasteiger partial charge in [-0.25, -0.2) is 0 Å². The van der Waals surface area contributed by atoms with E-state index in [1.165, 1.54) is 5.56 Å². The summed E-state index contributed by atoms with van der Waals surface area (Å²) in [6.07, 6.45) is 0.965. The molecule has 0 fully saturated rings. The van der Waals surface area contributed by atoms with Crippen molar-refractivity contribution in [2.24, 2.45) is 0 Å². The van der Waals surface area contributed by atoms with Crippen LogP contribution >= 0.6 is 11.6 Å². The van der Waals surface area contributed by atoms with Gasteiger partial charge < -0.3 is 4.74 Å². The van der Waals surface area contributed by atoms with Gasteiger partial charge in [-0.2, -0.15) is 0 Å². The van der Waals surface area contributed by atoms with Crippen LogP contribution in [0, 0.1) is 6.92 Å². The maximum absolute atomic E-state index is 12.1. The second kappa shape index (κ2) is 6.58. The Morgan fingerprint density at radius 3 is 2.50 bits per heavy atom. The predicted molar refractivity (Wildman–Crippen MR) is 81.8 cm³/mol. The van der Waals surface area contributed by atoms with E-state index in [1.54, 1.807) is 12.1 Å². The van der Waals surface area contributed by atoms with E-state index in [0.29, 0.717) is 16.3 Å². The molecule has 104 valence electrons. The molecule has 0 unspecified atom stereocenters. The average Bonchev–Trinajstić information content (AvgIpc) is 2.48. The van der Waals surface area contributed by atoms with Gasteiger partial charge in [0.1, 0.15) is 5.75 Å². The van der Waals surface area contributed by atoms with Crippen molar-refractivity contribution in [1.29, 1.82) is 0 Å². The summed E-state index contributed by atoms with van der Waals surface area (Å²) in [5, 5.41) is 0.602. The highest BCUT2D eigenvalue weighted by molar-refractivity contribution is 6.30. The highest BCUT2D eigenvalue weighted by atomic mass is 35.5. The molecule has 0 aromatic heterocycles. The zero-order valence-electron chi connectivity index (χ0n) is 11.7. The SMILES string of the molecule is CCc1ccc(C(=O)COc2cc(Cl)ccc2C)cc1. The van der Waals surface area contributed by atoms with Crippen LogP contribution in [0.4, 0.5) is 0 Å². The highest BCUT2D eigenvalue weighted by Gasteiger charge is 2.08. The number of ether oxygens (including phenoxy) is 1. The van der Waals surface area contributed by atoms with Gasteiger partial charge in [0.05, 0.1) is 0 Å². The molecule has 20 heavy (non-hydrogen) atoms. The maximum Gasteiger partial charge on any atom is 0.200 e. The minimum Gasteiger partial charge on any atom is -0.485 e. The Hall–Kier alpha value is -1.80. The van der Waals surface area contributed by atoms with Gasteiger partial charge in [0.2, 0.25) is 0 Å². The molecule has 0 aliphatic rings. The normalized spacial score (nSPS) is 10.3. The van der Waals surface area contributed by atoms with E-state index >= 15 is 0 Å². The summed E-state index contributed by atoms with van der Waals surface area (Å²) in [5.74, 6) is 0.614. The number of halogens is 1. The summed E-state index contributed by atoms with van der Waals surface area (Å²) < 4.78 is 5.56. The van der Waals surface area contributed by atoms with Gasteiger partial charge in [-0.15, -0.1) is 0 Å². The van der Waals surface area contributed by atoms with Gasteiger partial charge in [0.25, 0.3) is 0 Å². The fourth-order valence-corrected chi connectivity index (χ4v) is 2.04. The maximum atomic E-state index is 12.1. The Balaban J connectivity index is 2.02. The van der Waals surface area contributed by atoms with E-state index in [9.17, 15) is 4.79 Å². The number of hydrogen-bond acceptors (Lipinski definition) is 2. The van der Waals surface area contributed by atoms with Crippen LogP contribution in [-0.4, -0.2) is 12.4 Å². The number of aryl methyl sites for hydroxylation is 2. The summed E-state index contributed by atoms with van der Waals surface area (Å²) in [4.78, 5) is 12.1. The summed E-state index contributed by atoms with van der Waals surface area (Å²) in [6, 6.07) is 13.0. The van der Waals surface area contributed by atoms with Crippen molar-refractivity contribution in [2.75, 3.05) is 6.61 Å². The monoisotopic (exact) mass is 288 g/mol. The van der Waals surface area contributed by atoms with Crippen molar-refractivity contribution in [1.82, 2.24) is 0 Å². The first-order valence-electron chi connectivity index (χ1n) is 6.61. The number of carbonyl (C=O) groups is 1. The van der Waals surface area contributed by atoms with Gasteiger partial charge in [-0.05, 0) is 36.6 Å². The fourth-order valence-electron chi connectivity index (χ4n) is 1.88. The molecule has 3 heteroatoms. The van der Waals surface area contributed by atoms with Crippen LogP contribution in [0.1, 0.15) is 28.4 Å². The third kappa shape index (κ3) is 3.61. The van der Waals surface area contributed by atoms with Crippen LogP contribution in [0.2, 0.25) is 5.02 Å². The lowest BCUT2D eigenvalue weighted by atomic mass is 10.1. The molecule has 0 saturated heterocycles. The third-order valence-corrected chi connectivity index (χ3v) is 3.43. The van der Waals surface area contributed by atoms with Gasteiger partial charge in [-0.1, -0.05) is 48.9 Å². The first-order valence-corrected chi connectivity index (χ1v) is 6.99. The van der Waals surface area contributed by atoms with E-state index in [2.05, 4.69) is 6.92 Å². The topological polar surface area (TPSA) is 26.3 Å². The molecule has 0 saturated carbocycles. The molecule has 0 spiro atoms. The van der Waals surface area contributed by atoms with Crippen LogP contribution < -0.4 is 4.74 Å². The molecule has 0 aliphatic carbocycles. The number of hydrogen-bond donors (Lipinski definition) is 0. The van der Waals surface area contributed by atoms with Crippen LogP contribution in [0.15, 0.2) is 42.5 Å². The zero-order chi connectivity index (χ0) is 14.5. The van der Waals surface area contributed by atoms with E-state index < -0.39 is 0 Å². The third-order valence-electron chi connectivity index (χ3n) is 3.19. The number of benzene rings is 2. The first-order chi connectivity index (χ1) is 9.60. The van der Waals surface area contributed by atoms with E-state index in [4.69, 9.17) is 16.3 Å². The minimum absolute atomic E-state index is 0.0205. The fraction of sp³-hybridized carbons (Fsp3) is 0.235. The molecule has 0 aliphatic heterocycles. The van der Waals surface area contributed by atoms with Crippen molar-refractivity contribution in [3.63, 3.8) is 0 Å². The molecule has 0 amide bonds. The molecular weight excluding hydrogens is 272 g/mol. The molecule has 0 N–H and O–H groups in total. The predicted octanol–water partition coefficient (Wildman–Crippen LogP) is 4.47. The van der Waals surface area contributed by atoms with Gasteiger partial charge in [0, 0.05) is 10.6 Å². The molecule has 0 heterocycles. The Bertz CT molecular complexity index is 603. The standard InChI is InChI=1S/C17H17ClO2/c1-3-13-5-7-14(8-6-13)16(19)11-20-17-10-15(18)9-4-12(17)2/h4-10H,3,11H2,1-2H3. The molecule has 2 nitrogen and oxygen atoms in total. The van der Waals surface area contributed by atoms with E-state index in [-0.39, 0.29) is 12.4 Å². The molecule has 2 aromatic rings. The lowest BCUT2D eigenvalue weighted by molar-refractivity contribution is 0.0921. The van der Waals surface area contributed by atoms with Gasteiger partial charge >= 0.3 is 0 Å². The van der Waals surface area contributed by atoms with Gasteiger partial charge in [-0.3, -0.25) is 4.79 Å². The van der Waals surface area contributed by atoms with Crippen molar-refractivity contribution in [3.8, 4) is 5.75 Å². The molecule has 0 radical (unpaired) electrons. The lowest BCUT2D eigenvalue weighted by Gasteiger charge is -2.09. The average molecular weight is 289 g/mol. The molecular formula is C17H17ClO2. The van der Waals surface area contributed by atoms with Crippen LogP contribution in [0.25, 0.3) is 0 Å². The quantitative estimate of drug-likeness (QED) is 0.759. The highest BCUT2D eigenvalue weighted by Crippen LogP contribution is 2.22. The van der Waals surface area contributed by atoms with Crippen LogP contribution in [0.3, 0.4) is 0 Å². The van der Waals surface area contributed by atoms with E-state index in [1.807, 2.05) is 37.3 Å². The van der Waals surface area contributed by atoms with Crippen LogP contribution in [-0.2, 0) is 6.42 Å². The molecule has 2 rings (SSSR count). The Morgan fingerprint density at radius 1 is 1.15 bits per heavy atom. The lowest BCUT2D eigenvalue weighted by Crippen LogP contribution is -2.12. The summed E-state index contributed by atoms with van der Waals surface area (Å²) in [7, 11) is 0. The zero-order valence-corrected chi connectivity index (χ0v) is 12.4. The molecule has 0 atom stereocenters.